The van der Waals surface area contributed by atoms with Gasteiger partial charge in [-0.25, -0.2) is 0 Å². The summed E-state index contributed by atoms with van der Waals surface area (Å²) in [7, 11) is 0. The van der Waals surface area contributed by atoms with Crippen LogP contribution >= 0.6 is 0 Å². The zero-order valence-corrected chi connectivity index (χ0v) is 19.9. The van der Waals surface area contributed by atoms with Crippen LogP contribution in [0, 0.1) is 17.8 Å². The first-order valence-electron chi connectivity index (χ1n) is 10.4. The molecule has 0 saturated carbocycles. The van der Waals surface area contributed by atoms with E-state index in [-0.39, 0.29) is 41.8 Å². The molecule has 0 aromatic heterocycles. The van der Waals surface area contributed by atoms with E-state index >= 15 is 0 Å². The molecule has 0 unspecified atom stereocenters. The molecular weight excluding hydrogens is 372 g/mol. The molecule has 0 aliphatic rings. The summed E-state index contributed by atoms with van der Waals surface area (Å²) in [6.45, 7) is 16.0. The zero-order valence-electron chi connectivity index (χ0n) is 19.9. The van der Waals surface area contributed by atoms with E-state index in [0.29, 0.717) is 18.6 Å². The maximum Gasteiger partial charge on any atom is 0.308 e. The van der Waals surface area contributed by atoms with Crippen LogP contribution in [0.3, 0.4) is 0 Å². The van der Waals surface area contributed by atoms with E-state index in [4.69, 9.17) is 0 Å². The Morgan fingerprint density at radius 3 is 1.45 bits per heavy atom. The van der Waals surface area contributed by atoms with Gasteiger partial charge in [0.1, 0.15) is 24.0 Å². The molecule has 0 aliphatic heterocycles. The third-order valence-electron chi connectivity index (χ3n) is 3.57. The highest BCUT2D eigenvalue weighted by molar-refractivity contribution is 5.85. The molecule has 0 atom stereocenters. The van der Waals surface area contributed by atoms with Crippen molar-refractivity contribution in [2.45, 2.75) is 94.4 Å². The minimum atomic E-state index is -0.324. The molecule has 6 nitrogen and oxygen atoms in total. The van der Waals surface area contributed by atoms with Gasteiger partial charge in [0.2, 0.25) is 0 Å². The lowest BCUT2D eigenvalue weighted by Crippen LogP contribution is -2.15. The molecule has 0 saturated heterocycles. The van der Waals surface area contributed by atoms with Crippen molar-refractivity contribution >= 4 is 29.1 Å². The largest absolute Gasteiger partial charge is 0.457 e. The number of esters is 1. The Balaban J connectivity index is -0.000000350. The maximum absolute atomic E-state index is 10.9. The molecule has 0 bridgehead atoms. The molecule has 0 aromatic carbocycles. The van der Waals surface area contributed by atoms with Crippen LogP contribution in [-0.4, -0.2) is 35.7 Å². The summed E-state index contributed by atoms with van der Waals surface area (Å²) in [5.41, 5.74) is 0. The first-order valence-corrected chi connectivity index (χ1v) is 10.4. The number of rotatable bonds is 11. The topological polar surface area (TPSA) is 94.6 Å². The van der Waals surface area contributed by atoms with Crippen LogP contribution in [0.5, 0.6) is 0 Å². The molecule has 0 rings (SSSR count). The van der Waals surface area contributed by atoms with E-state index in [1.807, 2.05) is 13.8 Å². The Labute approximate surface area is 177 Å². The van der Waals surface area contributed by atoms with Gasteiger partial charge in [0.25, 0.3) is 0 Å². The molecule has 0 spiro atoms. The molecule has 0 N–H and O–H groups in total. The predicted octanol–water partition coefficient (Wildman–Crippen LogP) is 4.76. The molecule has 0 aromatic rings. The summed E-state index contributed by atoms with van der Waals surface area (Å²) in [4.78, 5) is 52.7. The number of carbonyl (C=O) groups is 5. The summed E-state index contributed by atoms with van der Waals surface area (Å²) in [6.07, 6.45) is 3.81. The average Bonchev–Trinajstić information content (AvgIpc) is 2.57. The van der Waals surface area contributed by atoms with Gasteiger partial charge in [-0.2, -0.15) is 0 Å². The lowest BCUT2D eigenvalue weighted by Gasteiger charge is -2.03. The Hall–Kier alpha value is -1.85. The lowest BCUT2D eigenvalue weighted by atomic mass is 10.0. The highest BCUT2D eigenvalue weighted by Gasteiger charge is 2.08. The Bertz CT molecular complexity index is 469. The number of hydrogen-bond donors (Lipinski definition) is 0. The summed E-state index contributed by atoms with van der Waals surface area (Å²) in [6, 6.07) is 0. The van der Waals surface area contributed by atoms with Gasteiger partial charge in [-0.15, -0.1) is 0 Å². The SMILES string of the molecule is CC(=O)CCC(=O)C(C)C.CC(=O)CCCC(C)C.CC(=O)COC(=O)C(C)C. The van der Waals surface area contributed by atoms with Gasteiger partial charge in [-0.3, -0.25) is 14.4 Å². The van der Waals surface area contributed by atoms with E-state index in [2.05, 4.69) is 18.6 Å². The molecule has 0 fully saturated rings. The number of hydrogen-bond acceptors (Lipinski definition) is 6. The first kappa shape index (κ1) is 31.8. The van der Waals surface area contributed by atoms with Crippen molar-refractivity contribution in [3.05, 3.63) is 0 Å². The normalized spacial score (nSPS) is 9.93. The smallest absolute Gasteiger partial charge is 0.308 e. The molecule has 0 heterocycles. The molecule has 29 heavy (non-hydrogen) atoms. The van der Waals surface area contributed by atoms with E-state index in [0.717, 1.165) is 18.8 Å². The third-order valence-corrected chi connectivity index (χ3v) is 3.57. The minimum absolute atomic E-state index is 0.0688. The average molecular weight is 415 g/mol. The summed E-state index contributed by atoms with van der Waals surface area (Å²) < 4.78 is 4.58. The number of ketones is 4. The summed E-state index contributed by atoms with van der Waals surface area (Å²) in [5.74, 6) is 0.784. The van der Waals surface area contributed by atoms with Crippen molar-refractivity contribution in [1.82, 2.24) is 0 Å². The summed E-state index contributed by atoms with van der Waals surface area (Å²) >= 11 is 0. The van der Waals surface area contributed by atoms with Crippen LogP contribution in [0.15, 0.2) is 0 Å². The number of carbonyl (C=O) groups excluding carboxylic acids is 5. The fraction of sp³-hybridized carbons (Fsp3) is 0.783. The van der Waals surface area contributed by atoms with Gasteiger partial charge in [0.05, 0.1) is 5.92 Å². The molecule has 170 valence electrons. The third kappa shape index (κ3) is 31.1. The molecular formula is C23H42O6. The van der Waals surface area contributed by atoms with Crippen LogP contribution < -0.4 is 0 Å². The van der Waals surface area contributed by atoms with Crippen LogP contribution in [0.4, 0.5) is 0 Å². The van der Waals surface area contributed by atoms with E-state index in [1.165, 1.54) is 20.3 Å². The lowest BCUT2D eigenvalue weighted by molar-refractivity contribution is -0.150. The second-order valence-electron chi connectivity index (χ2n) is 8.28. The Morgan fingerprint density at radius 1 is 0.655 bits per heavy atom. The van der Waals surface area contributed by atoms with Crippen LogP contribution in [0.25, 0.3) is 0 Å². The van der Waals surface area contributed by atoms with Crippen molar-refractivity contribution in [2.24, 2.45) is 17.8 Å². The van der Waals surface area contributed by atoms with Gasteiger partial charge in [0, 0.05) is 25.2 Å². The monoisotopic (exact) mass is 414 g/mol. The maximum atomic E-state index is 10.9. The number of Topliss-reactive ketones (excluding diaryl/α,β-unsaturated/α-hetero) is 4. The fourth-order valence-corrected chi connectivity index (χ4v) is 1.69. The standard InChI is InChI=1S/C8H14O2.C8H16O.C7H12O3/c1-6(2)8(10)5-4-7(3)9;1-7(2)5-4-6-8(3)9;1-5(2)7(9)10-4-6(3)8/h6H,4-5H2,1-3H3;7H,4-6H2,1-3H3;5H,4H2,1-3H3. The van der Waals surface area contributed by atoms with Gasteiger partial charge in [0.15, 0.2) is 5.78 Å². The van der Waals surface area contributed by atoms with Crippen molar-refractivity contribution in [2.75, 3.05) is 6.61 Å². The van der Waals surface area contributed by atoms with Gasteiger partial charge in [-0.1, -0.05) is 48.0 Å². The Kier molecular flexibility index (Phi) is 21.4. The van der Waals surface area contributed by atoms with Crippen molar-refractivity contribution in [3.8, 4) is 0 Å². The molecule has 0 aliphatic carbocycles. The zero-order chi connectivity index (χ0) is 23.6. The Morgan fingerprint density at radius 2 is 1.14 bits per heavy atom. The second kappa shape index (κ2) is 19.5. The fourth-order valence-electron chi connectivity index (χ4n) is 1.69. The van der Waals surface area contributed by atoms with Crippen LogP contribution in [-0.2, 0) is 28.7 Å². The first-order chi connectivity index (χ1) is 13.2. The highest BCUT2D eigenvalue weighted by atomic mass is 16.5. The highest BCUT2D eigenvalue weighted by Crippen LogP contribution is 2.05. The predicted molar refractivity (Wildman–Crippen MR) is 116 cm³/mol. The molecule has 6 heteroatoms. The minimum Gasteiger partial charge on any atom is -0.457 e. The van der Waals surface area contributed by atoms with Crippen molar-refractivity contribution in [3.63, 3.8) is 0 Å². The second-order valence-corrected chi connectivity index (χ2v) is 8.28. The molecule has 0 amide bonds. The quantitative estimate of drug-likeness (QED) is 0.453. The van der Waals surface area contributed by atoms with Crippen molar-refractivity contribution < 1.29 is 28.7 Å². The van der Waals surface area contributed by atoms with Gasteiger partial charge in [-0.05, 0) is 33.1 Å². The van der Waals surface area contributed by atoms with Crippen LogP contribution in [0.2, 0.25) is 0 Å². The van der Waals surface area contributed by atoms with E-state index in [9.17, 15) is 24.0 Å². The van der Waals surface area contributed by atoms with Gasteiger partial charge < -0.3 is 14.3 Å². The van der Waals surface area contributed by atoms with E-state index in [1.54, 1.807) is 20.8 Å². The van der Waals surface area contributed by atoms with Gasteiger partial charge >= 0.3 is 5.97 Å². The summed E-state index contributed by atoms with van der Waals surface area (Å²) in [5, 5.41) is 0. The van der Waals surface area contributed by atoms with Crippen LogP contribution in [0.1, 0.15) is 94.4 Å². The van der Waals surface area contributed by atoms with Crippen molar-refractivity contribution in [1.29, 1.82) is 0 Å². The molecule has 0 radical (unpaired) electrons. The number of ether oxygens (including phenoxy) is 1. The van der Waals surface area contributed by atoms with E-state index < -0.39 is 0 Å².